The first-order valence-corrected chi connectivity index (χ1v) is 8.80. The molecule has 1 saturated heterocycles. The zero-order chi connectivity index (χ0) is 18.5. The van der Waals surface area contributed by atoms with Crippen LogP contribution in [0.3, 0.4) is 0 Å². The van der Waals surface area contributed by atoms with Gasteiger partial charge in [-0.3, -0.25) is 4.79 Å². The summed E-state index contributed by atoms with van der Waals surface area (Å²) in [5.74, 6) is 0.603. The van der Waals surface area contributed by atoms with Crippen LogP contribution in [0.5, 0.6) is 11.5 Å². The fourth-order valence-corrected chi connectivity index (χ4v) is 3.11. The molecule has 2 N–H and O–H groups in total. The highest BCUT2D eigenvalue weighted by Crippen LogP contribution is 2.32. The maximum Gasteiger partial charge on any atom is 0.264 e. The van der Waals surface area contributed by atoms with Crippen LogP contribution < -0.4 is 10.1 Å². The summed E-state index contributed by atoms with van der Waals surface area (Å²) in [5.41, 5.74) is 2.29. The molecular weight excluding hydrogens is 348 g/mol. The number of thioether (sulfide) groups is 1. The van der Waals surface area contributed by atoms with Gasteiger partial charge in [-0.05, 0) is 60.2 Å². The van der Waals surface area contributed by atoms with Crippen LogP contribution in [0, 0.1) is 6.92 Å². The van der Waals surface area contributed by atoms with Gasteiger partial charge in [-0.1, -0.05) is 30.9 Å². The number of amides is 1. The number of aromatic hydroxyl groups is 1. The first-order valence-electron chi connectivity index (χ1n) is 7.98. The number of rotatable bonds is 5. The number of nitrogens with zero attached hydrogens (tertiary/aromatic N) is 1. The standard InChI is InChI=1S/C20H18N2O3S/c1-3-10-25-15-7-5-14(6-8-15)12-18-19(24)22-20(26-18)21-16-11-13(2)4-9-17(16)23/h3-9,11-12,23H,1,10H2,2H3,(H,21,22,24)/b18-12-. The molecule has 3 rings (SSSR count). The molecule has 0 atom stereocenters. The van der Waals surface area contributed by atoms with Gasteiger partial charge in [-0.15, -0.1) is 0 Å². The average molecular weight is 366 g/mol. The summed E-state index contributed by atoms with van der Waals surface area (Å²) < 4.78 is 5.44. The predicted molar refractivity (Wildman–Crippen MR) is 106 cm³/mol. The molecule has 2 aromatic rings. The van der Waals surface area contributed by atoms with Crippen LogP contribution in [0.4, 0.5) is 5.69 Å². The van der Waals surface area contributed by atoms with Crippen molar-refractivity contribution in [2.24, 2.45) is 4.99 Å². The molecule has 132 valence electrons. The van der Waals surface area contributed by atoms with Gasteiger partial charge in [0.05, 0.1) is 4.91 Å². The predicted octanol–water partition coefficient (Wildman–Crippen LogP) is 4.16. The van der Waals surface area contributed by atoms with E-state index in [1.165, 1.54) is 11.8 Å². The van der Waals surface area contributed by atoms with E-state index in [0.29, 0.717) is 22.4 Å². The van der Waals surface area contributed by atoms with Gasteiger partial charge in [-0.2, -0.15) is 0 Å². The number of hydrogen-bond donors (Lipinski definition) is 2. The number of ether oxygens (including phenoxy) is 1. The molecule has 0 aromatic heterocycles. The van der Waals surface area contributed by atoms with Crippen molar-refractivity contribution in [2.45, 2.75) is 6.92 Å². The largest absolute Gasteiger partial charge is 0.506 e. The summed E-state index contributed by atoms with van der Waals surface area (Å²) in [6.45, 7) is 5.97. The van der Waals surface area contributed by atoms with Gasteiger partial charge in [0.25, 0.3) is 5.91 Å². The number of phenols is 1. The van der Waals surface area contributed by atoms with Gasteiger partial charge < -0.3 is 15.2 Å². The lowest BCUT2D eigenvalue weighted by atomic mass is 10.2. The van der Waals surface area contributed by atoms with E-state index in [0.717, 1.165) is 16.9 Å². The minimum Gasteiger partial charge on any atom is -0.506 e. The fourth-order valence-electron chi connectivity index (χ4n) is 2.28. The number of aryl methyl sites for hydroxylation is 1. The van der Waals surface area contributed by atoms with Crippen molar-refractivity contribution < 1.29 is 14.6 Å². The van der Waals surface area contributed by atoms with Gasteiger partial charge in [-0.25, -0.2) is 4.99 Å². The highest BCUT2D eigenvalue weighted by molar-refractivity contribution is 8.18. The highest BCUT2D eigenvalue weighted by atomic mass is 32.2. The molecule has 26 heavy (non-hydrogen) atoms. The first kappa shape index (κ1) is 17.8. The number of hydrogen-bond acceptors (Lipinski definition) is 5. The molecular formula is C20H18N2O3S. The Kier molecular flexibility index (Phi) is 5.43. The molecule has 0 radical (unpaired) electrons. The van der Waals surface area contributed by atoms with Crippen LogP contribution in [0.15, 0.2) is 65.0 Å². The second-order valence-corrected chi connectivity index (χ2v) is 6.67. The second kappa shape index (κ2) is 7.93. The number of benzene rings is 2. The van der Waals surface area contributed by atoms with Gasteiger partial charge >= 0.3 is 0 Å². The average Bonchev–Trinajstić information content (AvgIpc) is 2.96. The van der Waals surface area contributed by atoms with E-state index in [1.807, 2.05) is 31.2 Å². The SMILES string of the molecule is C=CCOc1ccc(/C=C2\SC(=Nc3cc(C)ccc3O)NC2=O)cc1. The van der Waals surface area contributed by atoms with Gasteiger partial charge in [0.15, 0.2) is 5.17 Å². The summed E-state index contributed by atoms with van der Waals surface area (Å²) in [4.78, 5) is 17.0. The number of phenolic OH excluding ortho intramolecular Hbond substituents is 1. The molecule has 0 spiro atoms. The molecule has 0 saturated carbocycles. The number of carbonyl (C=O) groups excluding carboxylic acids is 1. The van der Waals surface area contributed by atoms with Crippen LogP contribution in [0.2, 0.25) is 0 Å². The Hall–Kier alpha value is -2.99. The Morgan fingerprint density at radius 2 is 2.04 bits per heavy atom. The van der Waals surface area contributed by atoms with E-state index in [2.05, 4.69) is 16.9 Å². The summed E-state index contributed by atoms with van der Waals surface area (Å²) in [7, 11) is 0. The van der Waals surface area contributed by atoms with E-state index >= 15 is 0 Å². The quantitative estimate of drug-likeness (QED) is 0.616. The Morgan fingerprint density at radius 3 is 2.77 bits per heavy atom. The Bertz CT molecular complexity index is 902. The zero-order valence-corrected chi connectivity index (χ0v) is 15.0. The molecule has 0 unspecified atom stereocenters. The lowest BCUT2D eigenvalue weighted by Crippen LogP contribution is -2.19. The third kappa shape index (κ3) is 4.34. The van der Waals surface area contributed by atoms with Gasteiger partial charge in [0.1, 0.15) is 23.8 Å². The number of amidine groups is 1. The fraction of sp³-hybridized carbons (Fsp3) is 0.100. The van der Waals surface area contributed by atoms with Crippen LogP contribution in [-0.4, -0.2) is 22.8 Å². The molecule has 1 aliphatic rings. The number of nitrogens with one attached hydrogen (secondary N) is 1. The summed E-state index contributed by atoms with van der Waals surface area (Å²) >= 11 is 1.24. The molecule has 2 aromatic carbocycles. The second-order valence-electron chi connectivity index (χ2n) is 5.64. The van der Waals surface area contributed by atoms with Crippen molar-refractivity contribution in [1.29, 1.82) is 0 Å². The normalized spacial score (nSPS) is 16.7. The molecule has 1 heterocycles. The lowest BCUT2D eigenvalue weighted by molar-refractivity contribution is -0.115. The smallest absolute Gasteiger partial charge is 0.264 e. The third-order valence-corrected chi connectivity index (χ3v) is 4.46. The summed E-state index contributed by atoms with van der Waals surface area (Å²) in [6.07, 6.45) is 3.47. The molecule has 0 bridgehead atoms. The molecule has 1 amide bonds. The maximum absolute atomic E-state index is 12.2. The molecule has 1 aliphatic heterocycles. The molecule has 0 aliphatic carbocycles. The van der Waals surface area contributed by atoms with Crippen molar-refractivity contribution in [3.05, 3.63) is 71.2 Å². The summed E-state index contributed by atoms with van der Waals surface area (Å²) in [6, 6.07) is 12.6. The van der Waals surface area contributed by atoms with E-state index in [-0.39, 0.29) is 11.7 Å². The maximum atomic E-state index is 12.2. The summed E-state index contributed by atoms with van der Waals surface area (Å²) in [5, 5.41) is 13.0. The Morgan fingerprint density at radius 1 is 1.27 bits per heavy atom. The van der Waals surface area contributed by atoms with Gasteiger partial charge in [0, 0.05) is 0 Å². The molecule has 5 nitrogen and oxygen atoms in total. The van der Waals surface area contributed by atoms with E-state index < -0.39 is 0 Å². The van der Waals surface area contributed by atoms with Gasteiger partial charge in [0.2, 0.25) is 0 Å². The molecule has 6 heteroatoms. The Labute approximate surface area is 156 Å². The minimum absolute atomic E-state index is 0.0745. The number of carbonyl (C=O) groups is 1. The highest BCUT2D eigenvalue weighted by Gasteiger charge is 2.24. The number of aliphatic imine (C=N–C) groups is 1. The zero-order valence-electron chi connectivity index (χ0n) is 14.2. The first-order chi connectivity index (χ1) is 12.5. The molecule has 1 fully saturated rings. The van der Waals surface area contributed by atoms with Crippen molar-refractivity contribution in [3.8, 4) is 11.5 Å². The van der Waals surface area contributed by atoms with Crippen LogP contribution in [0.25, 0.3) is 6.08 Å². The topological polar surface area (TPSA) is 70.9 Å². The minimum atomic E-state index is -0.215. The van der Waals surface area contributed by atoms with Crippen molar-refractivity contribution >= 4 is 34.6 Å². The lowest BCUT2D eigenvalue weighted by Gasteiger charge is -2.03. The van der Waals surface area contributed by atoms with E-state index in [9.17, 15) is 9.90 Å². The van der Waals surface area contributed by atoms with Crippen LogP contribution in [-0.2, 0) is 4.79 Å². The van der Waals surface area contributed by atoms with Crippen molar-refractivity contribution in [1.82, 2.24) is 5.32 Å². The van der Waals surface area contributed by atoms with Crippen LogP contribution >= 0.6 is 11.8 Å². The van der Waals surface area contributed by atoms with Crippen LogP contribution in [0.1, 0.15) is 11.1 Å². The van der Waals surface area contributed by atoms with E-state index in [1.54, 1.807) is 30.4 Å². The monoisotopic (exact) mass is 366 g/mol. The van der Waals surface area contributed by atoms with Crippen molar-refractivity contribution in [3.63, 3.8) is 0 Å². The Balaban J connectivity index is 1.77. The van der Waals surface area contributed by atoms with Crippen molar-refractivity contribution in [2.75, 3.05) is 6.61 Å². The third-order valence-electron chi connectivity index (χ3n) is 3.55. The van der Waals surface area contributed by atoms with E-state index in [4.69, 9.17) is 4.74 Å².